The van der Waals surface area contributed by atoms with Crippen molar-refractivity contribution in [1.29, 1.82) is 0 Å². The lowest BCUT2D eigenvalue weighted by atomic mass is 10.1. The summed E-state index contributed by atoms with van der Waals surface area (Å²) in [6.07, 6.45) is 4.86. The van der Waals surface area contributed by atoms with Gasteiger partial charge < -0.3 is 5.32 Å². The van der Waals surface area contributed by atoms with Crippen LogP contribution in [0.5, 0.6) is 0 Å². The van der Waals surface area contributed by atoms with Crippen molar-refractivity contribution in [2.45, 2.75) is 30.3 Å². The minimum absolute atomic E-state index is 0.336. The maximum absolute atomic E-state index is 12.0. The van der Waals surface area contributed by atoms with Gasteiger partial charge in [-0.1, -0.05) is 18.0 Å². The molecule has 88 valence electrons. The van der Waals surface area contributed by atoms with E-state index in [2.05, 4.69) is 15.3 Å². The van der Waals surface area contributed by atoms with Gasteiger partial charge in [0.2, 0.25) is 0 Å². The van der Waals surface area contributed by atoms with E-state index in [1.807, 2.05) is 0 Å². The molecule has 1 saturated heterocycles. The summed E-state index contributed by atoms with van der Waals surface area (Å²) in [5, 5.41) is 4.23. The average Bonchev–Trinajstić information content (AvgIpc) is 2.30. The number of hydrogen-bond acceptors (Lipinski definition) is 4. The molecule has 4 nitrogen and oxygen atoms in total. The molecule has 0 saturated carbocycles. The van der Waals surface area contributed by atoms with E-state index in [-0.39, 0.29) is 0 Å². The minimum Gasteiger partial charge on any atom is -0.313 e. The zero-order valence-corrected chi connectivity index (χ0v) is 10.4. The molecule has 1 aliphatic rings. The van der Waals surface area contributed by atoms with Crippen LogP contribution in [0.4, 0.5) is 0 Å². The molecule has 2 atom stereocenters. The number of hydrogen-bond donors (Lipinski definition) is 1. The van der Waals surface area contributed by atoms with Gasteiger partial charge in [0.15, 0.2) is 0 Å². The molecule has 1 N–H and O–H groups in total. The van der Waals surface area contributed by atoms with Gasteiger partial charge in [-0.15, -0.1) is 0 Å². The standard InChI is InChI=1S/C10H14ClN3OS/c11-9-5-10(14-7-13-9)16(15)6-8-3-1-2-4-12-8/h5,7-8,12H,1-4,6H2/t8-,16-/m0/s1. The van der Waals surface area contributed by atoms with Gasteiger partial charge in [-0.25, -0.2) is 9.97 Å². The average molecular weight is 260 g/mol. The lowest BCUT2D eigenvalue weighted by molar-refractivity contribution is 0.427. The highest BCUT2D eigenvalue weighted by Crippen LogP contribution is 2.13. The van der Waals surface area contributed by atoms with Crippen LogP contribution in [0.15, 0.2) is 17.4 Å². The molecule has 16 heavy (non-hydrogen) atoms. The normalized spacial score (nSPS) is 22.9. The summed E-state index contributed by atoms with van der Waals surface area (Å²) in [6.45, 7) is 1.02. The van der Waals surface area contributed by atoms with E-state index in [9.17, 15) is 4.21 Å². The third kappa shape index (κ3) is 3.23. The van der Waals surface area contributed by atoms with Crippen molar-refractivity contribution in [2.75, 3.05) is 12.3 Å². The second-order valence-corrected chi connectivity index (χ2v) is 5.67. The van der Waals surface area contributed by atoms with E-state index < -0.39 is 10.8 Å². The number of piperidine rings is 1. The van der Waals surface area contributed by atoms with E-state index in [0.717, 1.165) is 13.0 Å². The number of rotatable bonds is 3. The van der Waals surface area contributed by atoms with Crippen molar-refractivity contribution in [3.05, 3.63) is 17.5 Å². The van der Waals surface area contributed by atoms with Crippen molar-refractivity contribution in [3.63, 3.8) is 0 Å². The Hall–Kier alpha value is -0.520. The van der Waals surface area contributed by atoms with Gasteiger partial charge in [0.05, 0.1) is 10.8 Å². The molecule has 2 heterocycles. The summed E-state index contributed by atoms with van der Waals surface area (Å²) in [5.41, 5.74) is 0. The van der Waals surface area contributed by atoms with Gasteiger partial charge in [-0.2, -0.15) is 0 Å². The van der Waals surface area contributed by atoms with E-state index in [1.54, 1.807) is 6.07 Å². The van der Waals surface area contributed by atoms with Crippen LogP contribution >= 0.6 is 11.6 Å². The largest absolute Gasteiger partial charge is 0.313 e. The first kappa shape index (κ1) is 12.0. The molecule has 0 radical (unpaired) electrons. The van der Waals surface area contributed by atoms with Crippen molar-refractivity contribution in [3.8, 4) is 0 Å². The number of nitrogens with one attached hydrogen (secondary N) is 1. The third-order valence-corrected chi connectivity index (χ3v) is 4.21. The van der Waals surface area contributed by atoms with E-state index >= 15 is 0 Å². The fraction of sp³-hybridized carbons (Fsp3) is 0.600. The van der Waals surface area contributed by atoms with Crippen LogP contribution in [-0.4, -0.2) is 32.5 Å². The zero-order chi connectivity index (χ0) is 11.4. The summed E-state index contributed by atoms with van der Waals surface area (Å²) < 4.78 is 12.0. The Morgan fingerprint density at radius 2 is 2.38 bits per heavy atom. The highest BCUT2D eigenvalue weighted by atomic mass is 35.5. The lowest BCUT2D eigenvalue weighted by Gasteiger charge is -2.22. The summed E-state index contributed by atoms with van der Waals surface area (Å²) >= 11 is 5.73. The molecule has 0 bridgehead atoms. The van der Waals surface area contributed by atoms with Gasteiger partial charge in [0.25, 0.3) is 0 Å². The third-order valence-electron chi connectivity index (χ3n) is 2.61. The Balaban J connectivity index is 1.97. The Bertz CT molecular complexity index is 382. The maximum atomic E-state index is 12.0. The molecular weight excluding hydrogens is 246 g/mol. The fourth-order valence-corrected chi connectivity index (χ4v) is 3.22. The first-order chi connectivity index (χ1) is 7.75. The van der Waals surface area contributed by atoms with Crippen LogP contribution in [-0.2, 0) is 10.8 Å². The Morgan fingerprint density at radius 3 is 3.06 bits per heavy atom. The van der Waals surface area contributed by atoms with Crippen LogP contribution in [0.1, 0.15) is 19.3 Å². The van der Waals surface area contributed by atoms with Gasteiger partial charge in [0, 0.05) is 17.9 Å². The molecule has 1 aromatic heterocycles. The first-order valence-electron chi connectivity index (χ1n) is 5.35. The van der Waals surface area contributed by atoms with E-state index in [4.69, 9.17) is 11.6 Å². The van der Waals surface area contributed by atoms with Gasteiger partial charge in [0.1, 0.15) is 16.5 Å². The van der Waals surface area contributed by atoms with Crippen molar-refractivity contribution < 1.29 is 4.21 Å². The molecule has 0 unspecified atom stereocenters. The van der Waals surface area contributed by atoms with Gasteiger partial charge >= 0.3 is 0 Å². The number of halogens is 1. The lowest BCUT2D eigenvalue weighted by Crippen LogP contribution is -2.38. The highest BCUT2D eigenvalue weighted by molar-refractivity contribution is 7.85. The second kappa shape index (κ2) is 5.70. The predicted molar refractivity (Wildman–Crippen MR) is 64.0 cm³/mol. The molecular formula is C10H14ClN3OS. The second-order valence-electron chi connectivity index (χ2n) is 3.84. The van der Waals surface area contributed by atoms with Crippen LogP contribution in [0.2, 0.25) is 5.15 Å². The zero-order valence-electron chi connectivity index (χ0n) is 8.86. The summed E-state index contributed by atoms with van der Waals surface area (Å²) in [5.74, 6) is 0.605. The Morgan fingerprint density at radius 1 is 1.50 bits per heavy atom. The molecule has 0 amide bonds. The smallest absolute Gasteiger partial charge is 0.133 e. The molecule has 0 aromatic carbocycles. The monoisotopic (exact) mass is 259 g/mol. The van der Waals surface area contributed by atoms with E-state index in [1.165, 1.54) is 19.2 Å². The summed E-state index contributed by atoms with van der Waals surface area (Å²) in [4.78, 5) is 7.75. The van der Waals surface area contributed by atoms with Crippen LogP contribution in [0.3, 0.4) is 0 Å². The molecule has 1 aromatic rings. The molecule has 2 rings (SSSR count). The molecule has 0 aliphatic carbocycles. The SMILES string of the molecule is O=[S@@](C[C@@H]1CCCCN1)c1cc(Cl)ncn1. The molecule has 6 heteroatoms. The summed E-state index contributed by atoms with van der Waals surface area (Å²) in [6, 6.07) is 1.91. The summed E-state index contributed by atoms with van der Waals surface area (Å²) in [7, 11) is -1.09. The number of nitrogens with zero attached hydrogens (tertiary/aromatic N) is 2. The van der Waals surface area contributed by atoms with Gasteiger partial charge in [-0.05, 0) is 19.4 Å². The van der Waals surface area contributed by atoms with Crippen molar-refractivity contribution in [1.82, 2.24) is 15.3 Å². The van der Waals surface area contributed by atoms with Crippen LogP contribution < -0.4 is 5.32 Å². The maximum Gasteiger partial charge on any atom is 0.133 e. The fourth-order valence-electron chi connectivity index (χ4n) is 1.78. The highest BCUT2D eigenvalue weighted by Gasteiger charge is 2.17. The quantitative estimate of drug-likeness (QED) is 0.834. The van der Waals surface area contributed by atoms with Crippen LogP contribution in [0.25, 0.3) is 0 Å². The Labute approximate surface area is 102 Å². The molecule has 0 spiro atoms. The first-order valence-corrected chi connectivity index (χ1v) is 7.05. The molecule has 1 fully saturated rings. The van der Waals surface area contributed by atoms with Gasteiger partial charge in [-0.3, -0.25) is 4.21 Å². The topological polar surface area (TPSA) is 54.9 Å². The predicted octanol–water partition coefficient (Wildman–Crippen LogP) is 1.38. The minimum atomic E-state index is -1.09. The molecule has 1 aliphatic heterocycles. The Kier molecular flexibility index (Phi) is 4.26. The van der Waals surface area contributed by atoms with E-state index in [0.29, 0.717) is 22.0 Å². The van der Waals surface area contributed by atoms with Crippen molar-refractivity contribution >= 4 is 22.4 Å². The number of aromatic nitrogens is 2. The van der Waals surface area contributed by atoms with Crippen molar-refractivity contribution in [2.24, 2.45) is 0 Å². The van der Waals surface area contributed by atoms with Crippen LogP contribution in [0, 0.1) is 0 Å².